The normalized spacial score (nSPS) is 23.6. The molecule has 2 bridgehead atoms. The summed E-state index contributed by atoms with van der Waals surface area (Å²) in [5, 5.41) is 2.84. The van der Waals surface area contributed by atoms with E-state index in [1.54, 1.807) is 0 Å². The predicted octanol–water partition coefficient (Wildman–Crippen LogP) is 4.49. The lowest BCUT2D eigenvalue weighted by atomic mass is 10.0. The second-order valence-electron chi connectivity index (χ2n) is 5.60. The fraction of sp³-hybridized carbons (Fsp3) is 0.222. The van der Waals surface area contributed by atoms with E-state index in [0.717, 1.165) is 23.6 Å². The van der Waals surface area contributed by atoms with Crippen molar-refractivity contribution < 1.29 is 4.84 Å². The van der Waals surface area contributed by atoms with Gasteiger partial charge >= 0.3 is 0 Å². The second-order valence-corrected chi connectivity index (χ2v) is 6.04. The zero-order valence-electron chi connectivity index (χ0n) is 11.6. The summed E-state index contributed by atoms with van der Waals surface area (Å²) in [5.74, 6) is 0. The molecule has 2 nitrogen and oxygen atoms in total. The molecule has 2 atom stereocenters. The van der Waals surface area contributed by atoms with E-state index in [1.807, 2.05) is 17.2 Å². The molecule has 1 saturated heterocycles. The molecule has 1 fully saturated rings. The third kappa shape index (κ3) is 2.45. The number of rotatable bonds is 2. The zero-order valence-corrected chi connectivity index (χ0v) is 12.3. The molecular formula is C18H16ClNO. The molecule has 0 aliphatic carbocycles. The lowest BCUT2D eigenvalue weighted by Crippen LogP contribution is -2.30. The first-order chi connectivity index (χ1) is 10.3. The van der Waals surface area contributed by atoms with Crippen LogP contribution in [0, 0.1) is 0 Å². The van der Waals surface area contributed by atoms with Crippen LogP contribution < -0.4 is 5.06 Å². The van der Waals surface area contributed by atoms with Gasteiger partial charge in [-0.3, -0.25) is 4.84 Å². The average molecular weight is 298 g/mol. The molecule has 21 heavy (non-hydrogen) atoms. The van der Waals surface area contributed by atoms with Crippen molar-refractivity contribution in [2.45, 2.75) is 25.0 Å². The number of hydrogen-bond acceptors (Lipinski definition) is 2. The van der Waals surface area contributed by atoms with Crippen LogP contribution in [-0.4, -0.2) is 12.1 Å². The van der Waals surface area contributed by atoms with Crippen LogP contribution in [0.1, 0.15) is 17.5 Å². The van der Waals surface area contributed by atoms with E-state index in [4.69, 9.17) is 16.4 Å². The SMILES string of the molecule is Clc1ccc2c(c1)CC1C[C@@H](/C=C/c3ccccc3)N2O1. The highest BCUT2D eigenvalue weighted by atomic mass is 35.5. The third-order valence-electron chi connectivity index (χ3n) is 4.11. The summed E-state index contributed by atoms with van der Waals surface area (Å²) < 4.78 is 0. The summed E-state index contributed by atoms with van der Waals surface area (Å²) in [7, 11) is 0. The van der Waals surface area contributed by atoms with Crippen molar-refractivity contribution in [3.05, 3.63) is 70.8 Å². The van der Waals surface area contributed by atoms with Crippen molar-refractivity contribution in [2.75, 3.05) is 5.06 Å². The maximum absolute atomic E-state index is 6.10. The molecule has 2 aromatic carbocycles. The van der Waals surface area contributed by atoms with Crippen molar-refractivity contribution >= 4 is 23.4 Å². The molecule has 0 saturated carbocycles. The fourth-order valence-corrected chi connectivity index (χ4v) is 3.32. The third-order valence-corrected chi connectivity index (χ3v) is 4.34. The van der Waals surface area contributed by atoms with Crippen LogP contribution in [0.4, 0.5) is 5.69 Å². The molecular weight excluding hydrogens is 282 g/mol. The lowest BCUT2D eigenvalue weighted by molar-refractivity contribution is 0.0753. The van der Waals surface area contributed by atoms with Crippen molar-refractivity contribution in [3.8, 4) is 0 Å². The number of anilines is 1. The summed E-state index contributed by atoms with van der Waals surface area (Å²) in [6.45, 7) is 0. The minimum atomic E-state index is 0.265. The monoisotopic (exact) mass is 297 g/mol. The van der Waals surface area contributed by atoms with Gasteiger partial charge < -0.3 is 0 Å². The van der Waals surface area contributed by atoms with Crippen LogP contribution in [0.3, 0.4) is 0 Å². The Morgan fingerprint density at radius 2 is 2.00 bits per heavy atom. The Morgan fingerprint density at radius 3 is 2.86 bits per heavy atom. The van der Waals surface area contributed by atoms with Gasteiger partial charge in [0.1, 0.15) is 0 Å². The van der Waals surface area contributed by atoms with E-state index < -0.39 is 0 Å². The van der Waals surface area contributed by atoms with Gasteiger partial charge in [-0.05, 0) is 29.3 Å². The Kier molecular flexibility index (Phi) is 3.21. The van der Waals surface area contributed by atoms with Gasteiger partial charge in [0.15, 0.2) is 0 Å². The Bertz CT molecular complexity index is 683. The smallest absolute Gasteiger partial charge is 0.0921 e. The van der Waals surface area contributed by atoms with Crippen LogP contribution in [0.2, 0.25) is 5.02 Å². The number of nitrogens with zero attached hydrogens (tertiary/aromatic N) is 1. The van der Waals surface area contributed by atoms with E-state index in [2.05, 4.69) is 48.6 Å². The highest BCUT2D eigenvalue weighted by Crippen LogP contribution is 2.39. The van der Waals surface area contributed by atoms with Gasteiger partial charge in [0.05, 0.1) is 17.8 Å². The number of hydroxylamine groups is 1. The van der Waals surface area contributed by atoms with Gasteiger partial charge in [0.2, 0.25) is 0 Å². The Balaban J connectivity index is 1.61. The van der Waals surface area contributed by atoms with Crippen LogP contribution in [0.15, 0.2) is 54.6 Å². The topological polar surface area (TPSA) is 12.5 Å². The summed E-state index contributed by atoms with van der Waals surface area (Å²) in [5.41, 5.74) is 3.65. The molecule has 3 heteroatoms. The number of fused-ring (bicyclic) bond motifs is 4. The van der Waals surface area contributed by atoms with Crippen molar-refractivity contribution in [1.29, 1.82) is 0 Å². The summed E-state index contributed by atoms with van der Waals surface area (Å²) in [6, 6.07) is 16.7. The molecule has 1 unspecified atom stereocenters. The molecule has 0 spiro atoms. The minimum Gasteiger partial charge on any atom is -0.269 e. The summed E-state index contributed by atoms with van der Waals surface area (Å²) >= 11 is 6.10. The van der Waals surface area contributed by atoms with E-state index in [9.17, 15) is 0 Å². The molecule has 0 aromatic heterocycles. The second kappa shape index (κ2) is 5.21. The first-order valence-corrected chi connectivity index (χ1v) is 7.65. The highest BCUT2D eigenvalue weighted by Gasteiger charge is 2.37. The number of benzene rings is 2. The average Bonchev–Trinajstić information content (AvgIpc) is 2.83. The largest absolute Gasteiger partial charge is 0.269 e. The zero-order chi connectivity index (χ0) is 14.2. The molecule has 0 radical (unpaired) electrons. The number of halogens is 1. The molecule has 2 aliphatic rings. The molecule has 0 N–H and O–H groups in total. The number of hydrogen-bond donors (Lipinski definition) is 0. The van der Waals surface area contributed by atoms with Crippen LogP contribution >= 0.6 is 11.6 Å². The standard InChI is InChI=1S/C18H16ClNO/c19-15-7-9-18-14(10-15)11-17-12-16(20(18)21-17)8-6-13-4-2-1-3-5-13/h1-10,16-17H,11-12H2/b8-6+/t16-,17?/m1/s1. The van der Waals surface area contributed by atoms with Crippen molar-refractivity contribution in [1.82, 2.24) is 0 Å². The first kappa shape index (κ1) is 12.9. The predicted molar refractivity (Wildman–Crippen MR) is 86.4 cm³/mol. The van der Waals surface area contributed by atoms with Crippen LogP contribution in [0.5, 0.6) is 0 Å². The molecule has 106 valence electrons. The lowest BCUT2D eigenvalue weighted by Gasteiger charge is -2.29. The van der Waals surface area contributed by atoms with Crippen molar-refractivity contribution in [3.63, 3.8) is 0 Å². The van der Waals surface area contributed by atoms with Gasteiger partial charge in [-0.1, -0.05) is 54.1 Å². The summed E-state index contributed by atoms with van der Waals surface area (Å²) in [4.78, 5) is 6.00. The van der Waals surface area contributed by atoms with Gasteiger partial charge in [0, 0.05) is 17.9 Å². The van der Waals surface area contributed by atoms with E-state index in [1.165, 1.54) is 11.1 Å². The van der Waals surface area contributed by atoms with E-state index in [0.29, 0.717) is 0 Å². The minimum absolute atomic E-state index is 0.265. The van der Waals surface area contributed by atoms with Gasteiger partial charge in [-0.15, -0.1) is 0 Å². The molecule has 0 amide bonds. The maximum Gasteiger partial charge on any atom is 0.0921 e. The molecule has 2 aliphatic heterocycles. The Morgan fingerprint density at radius 1 is 1.14 bits per heavy atom. The van der Waals surface area contributed by atoms with Crippen LogP contribution in [0.25, 0.3) is 6.08 Å². The Labute approximate surface area is 129 Å². The van der Waals surface area contributed by atoms with Crippen LogP contribution in [-0.2, 0) is 11.3 Å². The highest BCUT2D eigenvalue weighted by molar-refractivity contribution is 6.30. The summed E-state index contributed by atoms with van der Waals surface area (Å²) in [6.07, 6.45) is 6.64. The maximum atomic E-state index is 6.10. The molecule has 4 rings (SSSR count). The van der Waals surface area contributed by atoms with E-state index in [-0.39, 0.29) is 12.1 Å². The Hall–Kier alpha value is -1.77. The molecule has 2 aromatic rings. The van der Waals surface area contributed by atoms with Gasteiger partial charge in [0.25, 0.3) is 0 Å². The van der Waals surface area contributed by atoms with Gasteiger partial charge in [-0.25, -0.2) is 5.06 Å². The van der Waals surface area contributed by atoms with Crippen molar-refractivity contribution in [2.24, 2.45) is 0 Å². The van der Waals surface area contributed by atoms with Gasteiger partial charge in [-0.2, -0.15) is 0 Å². The first-order valence-electron chi connectivity index (χ1n) is 7.27. The quantitative estimate of drug-likeness (QED) is 0.810. The van der Waals surface area contributed by atoms with E-state index >= 15 is 0 Å². The fourth-order valence-electron chi connectivity index (χ4n) is 3.12. The molecule has 2 heterocycles.